The van der Waals surface area contributed by atoms with Gasteiger partial charge in [-0.1, -0.05) is 30.3 Å². The Labute approximate surface area is 107 Å². The molecule has 3 rings (SSSR count). The zero-order valence-corrected chi connectivity index (χ0v) is 10.7. The lowest BCUT2D eigenvalue weighted by atomic mass is 10.2. The van der Waals surface area contributed by atoms with E-state index in [1.54, 1.807) is 0 Å². The van der Waals surface area contributed by atoms with Crippen LogP contribution in [0.2, 0.25) is 0 Å². The van der Waals surface area contributed by atoms with Crippen LogP contribution in [0.5, 0.6) is 0 Å². The highest BCUT2D eigenvalue weighted by Crippen LogP contribution is 2.29. The molecule has 2 aromatic rings. The van der Waals surface area contributed by atoms with Gasteiger partial charge in [0.05, 0.1) is 12.7 Å². The first-order chi connectivity index (χ1) is 8.81. The predicted octanol–water partition coefficient (Wildman–Crippen LogP) is 3.18. The summed E-state index contributed by atoms with van der Waals surface area (Å²) in [4.78, 5) is 6.64. The Hall–Kier alpha value is -1.61. The van der Waals surface area contributed by atoms with E-state index in [9.17, 15) is 0 Å². The highest BCUT2D eigenvalue weighted by Gasteiger charge is 2.23. The second kappa shape index (κ2) is 4.94. The van der Waals surface area contributed by atoms with E-state index in [1.807, 2.05) is 36.5 Å². The molecular formula is C15H18N2O. The minimum Gasteiger partial charge on any atom is -0.439 e. The van der Waals surface area contributed by atoms with E-state index >= 15 is 0 Å². The van der Waals surface area contributed by atoms with Crippen molar-refractivity contribution in [2.45, 2.75) is 19.4 Å². The van der Waals surface area contributed by atoms with Crippen LogP contribution in [0.4, 0.5) is 0 Å². The van der Waals surface area contributed by atoms with Crippen LogP contribution >= 0.6 is 0 Å². The second-order valence-electron chi connectivity index (χ2n) is 5.12. The number of oxazole rings is 1. The lowest BCUT2D eigenvalue weighted by Crippen LogP contribution is -2.20. The average molecular weight is 242 g/mol. The molecule has 1 aromatic heterocycles. The summed E-state index contributed by atoms with van der Waals surface area (Å²) in [6.45, 7) is 1.95. The van der Waals surface area contributed by atoms with E-state index in [1.165, 1.54) is 12.8 Å². The molecule has 0 radical (unpaired) electrons. The first kappa shape index (κ1) is 11.5. The first-order valence-corrected chi connectivity index (χ1v) is 6.50. The molecule has 0 atom stereocenters. The van der Waals surface area contributed by atoms with Gasteiger partial charge in [-0.25, -0.2) is 4.98 Å². The van der Waals surface area contributed by atoms with Gasteiger partial charge in [0.2, 0.25) is 5.89 Å². The van der Waals surface area contributed by atoms with Crippen molar-refractivity contribution in [3.05, 3.63) is 42.4 Å². The summed E-state index contributed by atoms with van der Waals surface area (Å²) < 4.78 is 5.79. The van der Waals surface area contributed by atoms with Gasteiger partial charge in [-0.05, 0) is 25.8 Å². The van der Waals surface area contributed by atoms with Gasteiger partial charge < -0.3 is 4.42 Å². The molecule has 1 fully saturated rings. The summed E-state index contributed by atoms with van der Waals surface area (Å²) in [6, 6.07) is 10.1. The van der Waals surface area contributed by atoms with E-state index in [4.69, 9.17) is 4.42 Å². The molecule has 1 aliphatic carbocycles. The van der Waals surface area contributed by atoms with Crippen molar-refractivity contribution in [2.75, 3.05) is 13.6 Å². The van der Waals surface area contributed by atoms with Crippen molar-refractivity contribution in [3.8, 4) is 11.3 Å². The smallest absolute Gasteiger partial charge is 0.209 e. The van der Waals surface area contributed by atoms with Gasteiger partial charge in [0.15, 0.2) is 5.76 Å². The molecule has 0 bridgehead atoms. The zero-order chi connectivity index (χ0) is 12.4. The average Bonchev–Trinajstić information content (AvgIpc) is 3.06. The van der Waals surface area contributed by atoms with Crippen molar-refractivity contribution in [2.24, 2.45) is 5.92 Å². The van der Waals surface area contributed by atoms with Crippen LogP contribution in [0.1, 0.15) is 18.7 Å². The van der Waals surface area contributed by atoms with Gasteiger partial charge in [-0.15, -0.1) is 0 Å². The largest absolute Gasteiger partial charge is 0.439 e. The van der Waals surface area contributed by atoms with Gasteiger partial charge >= 0.3 is 0 Å². The molecule has 0 saturated heterocycles. The second-order valence-corrected chi connectivity index (χ2v) is 5.12. The van der Waals surface area contributed by atoms with Crippen LogP contribution in [0.25, 0.3) is 11.3 Å². The molecule has 3 heteroatoms. The minimum atomic E-state index is 0.795. The van der Waals surface area contributed by atoms with E-state index in [2.05, 4.69) is 16.9 Å². The monoisotopic (exact) mass is 242 g/mol. The SMILES string of the molecule is CN(Cc1ncc(-c2ccccc2)o1)CC1CC1. The summed E-state index contributed by atoms with van der Waals surface area (Å²) in [7, 11) is 2.13. The number of hydrogen-bond acceptors (Lipinski definition) is 3. The van der Waals surface area contributed by atoms with Gasteiger partial charge in [-0.3, -0.25) is 4.90 Å². The summed E-state index contributed by atoms with van der Waals surface area (Å²) in [5.74, 6) is 2.56. The molecule has 0 unspecified atom stereocenters. The van der Waals surface area contributed by atoms with Crippen molar-refractivity contribution < 1.29 is 4.42 Å². The van der Waals surface area contributed by atoms with Gasteiger partial charge in [-0.2, -0.15) is 0 Å². The maximum atomic E-state index is 5.79. The summed E-state index contributed by atoms with van der Waals surface area (Å²) in [5.41, 5.74) is 1.08. The van der Waals surface area contributed by atoms with E-state index < -0.39 is 0 Å². The summed E-state index contributed by atoms with van der Waals surface area (Å²) in [5, 5.41) is 0. The third kappa shape index (κ3) is 2.79. The lowest BCUT2D eigenvalue weighted by Gasteiger charge is -2.13. The topological polar surface area (TPSA) is 29.3 Å². The van der Waals surface area contributed by atoms with Gasteiger partial charge in [0.25, 0.3) is 0 Å². The Morgan fingerprint density at radius 1 is 1.28 bits per heavy atom. The van der Waals surface area contributed by atoms with Crippen molar-refractivity contribution >= 4 is 0 Å². The molecule has 1 heterocycles. The third-order valence-electron chi connectivity index (χ3n) is 3.28. The molecular weight excluding hydrogens is 224 g/mol. The van der Waals surface area contributed by atoms with Crippen LogP contribution in [0, 0.1) is 5.92 Å². The van der Waals surface area contributed by atoms with Gasteiger partial charge in [0.1, 0.15) is 0 Å². The highest BCUT2D eigenvalue weighted by molar-refractivity contribution is 5.55. The summed E-state index contributed by atoms with van der Waals surface area (Å²) in [6.07, 6.45) is 4.58. The number of benzene rings is 1. The predicted molar refractivity (Wildman–Crippen MR) is 71.0 cm³/mol. The molecule has 3 nitrogen and oxygen atoms in total. The Morgan fingerprint density at radius 3 is 2.78 bits per heavy atom. The van der Waals surface area contributed by atoms with Crippen molar-refractivity contribution in [3.63, 3.8) is 0 Å². The minimum absolute atomic E-state index is 0.795. The lowest BCUT2D eigenvalue weighted by molar-refractivity contribution is 0.279. The molecule has 1 aliphatic rings. The highest BCUT2D eigenvalue weighted by atomic mass is 16.4. The van der Waals surface area contributed by atoms with Crippen LogP contribution < -0.4 is 0 Å². The Bertz CT molecular complexity index is 502. The molecule has 0 N–H and O–H groups in total. The van der Waals surface area contributed by atoms with Crippen LogP contribution in [-0.2, 0) is 6.54 Å². The fourth-order valence-electron chi connectivity index (χ4n) is 2.16. The maximum Gasteiger partial charge on any atom is 0.209 e. The first-order valence-electron chi connectivity index (χ1n) is 6.50. The van der Waals surface area contributed by atoms with Crippen LogP contribution in [0.3, 0.4) is 0 Å². The van der Waals surface area contributed by atoms with Crippen LogP contribution in [-0.4, -0.2) is 23.5 Å². The molecule has 18 heavy (non-hydrogen) atoms. The Morgan fingerprint density at radius 2 is 2.06 bits per heavy atom. The number of rotatable bonds is 5. The maximum absolute atomic E-state index is 5.79. The molecule has 1 aromatic carbocycles. The number of hydrogen-bond donors (Lipinski definition) is 0. The molecule has 0 spiro atoms. The molecule has 0 amide bonds. The number of nitrogens with zero attached hydrogens (tertiary/aromatic N) is 2. The standard InChI is InChI=1S/C15H18N2O/c1-17(10-12-7-8-12)11-15-16-9-14(18-15)13-5-3-2-4-6-13/h2-6,9,12H,7-8,10-11H2,1H3. The fourth-order valence-corrected chi connectivity index (χ4v) is 2.16. The molecule has 1 saturated carbocycles. The quantitative estimate of drug-likeness (QED) is 0.806. The van der Waals surface area contributed by atoms with E-state index in [-0.39, 0.29) is 0 Å². The van der Waals surface area contributed by atoms with Crippen molar-refractivity contribution in [1.82, 2.24) is 9.88 Å². The fraction of sp³-hybridized carbons (Fsp3) is 0.400. The zero-order valence-electron chi connectivity index (χ0n) is 10.7. The van der Waals surface area contributed by atoms with Crippen LogP contribution in [0.15, 0.2) is 40.9 Å². The van der Waals surface area contributed by atoms with Crippen molar-refractivity contribution in [1.29, 1.82) is 0 Å². The normalized spacial score (nSPS) is 15.2. The summed E-state index contributed by atoms with van der Waals surface area (Å²) >= 11 is 0. The van der Waals surface area contributed by atoms with E-state index in [0.717, 1.165) is 36.2 Å². The molecule has 94 valence electrons. The molecule has 0 aliphatic heterocycles. The Kier molecular flexibility index (Phi) is 3.15. The third-order valence-corrected chi connectivity index (χ3v) is 3.28. The van der Waals surface area contributed by atoms with Gasteiger partial charge in [0, 0.05) is 12.1 Å². The van der Waals surface area contributed by atoms with E-state index in [0.29, 0.717) is 0 Å². The Balaban J connectivity index is 1.65. The number of aromatic nitrogens is 1.